The van der Waals surface area contributed by atoms with Gasteiger partial charge in [0.2, 0.25) is 5.76 Å². The minimum absolute atomic E-state index is 0.118. The monoisotopic (exact) mass is 254 g/mol. The van der Waals surface area contributed by atoms with E-state index < -0.39 is 17.9 Å². The fourth-order valence-corrected chi connectivity index (χ4v) is 1.97. The largest absolute Gasteiger partial charge is 0.481 e. The molecule has 18 heavy (non-hydrogen) atoms. The Kier molecular flexibility index (Phi) is 3.33. The molecular weight excluding hydrogens is 240 g/mol. The van der Waals surface area contributed by atoms with Gasteiger partial charge in [0.25, 0.3) is 5.91 Å². The van der Waals surface area contributed by atoms with Crippen molar-refractivity contribution in [3.05, 3.63) is 17.5 Å². The van der Waals surface area contributed by atoms with E-state index in [-0.39, 0.29) is 24.9 Å². The smallest absolute Gasteiger partial charge is 0.311 e. The molecule has 2 rings (SSSR count). The van der Waals surface area contributed by atoms with Gasteiger partial charge in [-0.1, -0.05) is 5.16 Å². The van der Waals surface area contributed by atoms with Crippen LogP contribution < -0.4 is 0 Å². The van der Waals surface area contributed by atoms with Crippen LogP contribution in [-0.2, 0) is 9.53 Å². The van der Waals surface area contributed by atoms with Crippen molar-refractivity contribution < 1.29 is 24.0 Å². The fraction of sp³-hybridized carbons (Fsp3) is 0.545. The summed E-state index contributed by atoms with van der Waals surface area (Å²) in [5, 5.41) is 12.6. The van der Waals surface area contributed by atoms with E-state index in [1.165, 1.54) is 11.1 Å². The lowest BCUT2D eigenvalue weighted by Crippen LogP contribution is -2.44. The number of aliphatic carboxylic acids is 1. The zero-order chi connectivity index (χ0) is 13.3. The highest BCUT2D eigenvalue weighted by Crippen LogP contribution is 2.21. The van der Waals surface area contributed by atoms with E-state index >= 15 is 0 Å². The van der Waals surface area contributed by atoms with Crippen LogP contribution in [-0.4, -0.2) is 53.3 Å². The molecule has 1 N–H and O–H groups in total. The van der Waals surface area contributed by atoms with Gasteiger partial charge in [-0.05, 0) is 6.92 Å². The minimum atomic E-state index is -0.966. The van der Waals surface area contributed by atoms with Gasteiger partial charge >= 0.3 is 5.97 Å². The molecule has 0 aliphatic carbocycles. The summed E-state index contributed by atoms with van der Waals surface area (Å²) < 4.78 is 10.0. The van der Waals surface area contributed by atoms with E-state index in [1.54, 1.807) is 14.0 Å². The Morgan fingerprint density at radius 3 is 2.78 bits per heavy atom. The van der Waals surface area contributed by atoms with Gasteiger partial charge in [0.05, 0.1) is 25.5 Å². The number of rotatable bonds is 3. The first-order valence-corrected chi connectivity index (χ1v) is 5.51. The van der Waals surface area contributed by atoms with Gasteiger partial charge < -0.3 is 19.3 Å². The summed E-state index contributed by atoms with van der Waals surface area (Å²) in [4.78, 5) is 24.5. The molecule has 1 aliphatic rings. The average Bonchev–Trinajstić information content (AvgIpc) is 2.95. The summed E-state index contributed by atoms with van der Waals surface area (Å²) in [6, 6.07) is -0.487. The second-order valence-corrected chi connectivity index (χ2v) is 4.30. The summed E-state index contributed by atoms with van der Waals surface area (Å²) in [5.41, 5.74) is 0.623. The summed E-state index contributed by atoms with van der Waals surface area (Å²) in [7, 11) is 1.54. The summed E-state index contributed by atoms with van der Waals surface area (Å²) in [6.45, 7) is 2.04. The summed E-state index contributed by atoms with van der Waals surface area (Å²) in [5.74, 6) is -1.92. The number of ether oxygens (including phenoxy) is 1. The van der Waals surface area contributed by atoms with Gasteiger partial charge in [-0.2, -0.15) is 0 Å². The first kappa shape index (κ1) is 12.6. The topological polar surface area (TPSA) is 92.9 Å². The van der Waals surface area contributed by atoms with Gasteiger partial charge in [-0.25, -0.2) is 0 Å². The van der Waals surface area contributed by atoms with E-state index in [0.717, 1.165) is 0 Å². The van der Waals surface area contributed by atoms with E-state index in [4.69, 9.17) is 14.4 Å². The van der Waals surface area contributed by atoms with Crippen LogP contribution in [0.3, 0.4) is 0 Å². The first-order chi connectivity index (χ1) is 8.52. The van der Waals surface area contributed by atoms with Gasteiger partial charge in [0.15, 0.2) is 0 Å². The predicted octanol–water partition coefficient (Wildman–Crippen LogP) is 0.155. The lowest BCUT2D eigenvalue weighted by atomic mass is 10.0. The molecule has 1 amide bonds. The van der Waals surface area contributed by atoms with Crippen molar-refractivity contribution in [3.8, 4) is 0 Å². The van der Waals surface area contributed by atoms with Gasteiger partial charge in [-0.3, -0.25) is 9.59 Å². The second kappa shape index (κ2) is 4.77. The number of carbonyl (C=O) groups is 2. The lowest BCUT2D eigenvalue weighted by molar-refractivity contribution is -0.142. The highest BCUT2D eigenvalue weighted by Gasteiger charge is 2.39. The van der Waals surface area contributed by atoms with Crippen LogP contribution >= 0.6 is 0 Å². The van der Waals surface area contributed by atoms with Gasteiger partial charge in [0, 0.05) is 12.6 Å². The third kappa shape index (κ3) is 2.08. The van der Waals surface area contributed by atoms with E-state index in [9.17, 15) is 9.59 Å². The molecule has 7 nitrogen and oxygen atoms in total. The Morgan fingerprint density at radius 2 is 2.22 bits per heavy atom. The second-order valence-electron chi connectivity index (χ2n) is 4.30. The molecule has 0 spiro atoms. The maximum Gasteiger partial charge on any atom is 0.311 e. The van der Waals surface area contributed by atoms with Crippen LogP contribution in [0.2, 0.25) is 0 Å². The standard InChI is InChI=1S/C11H14N2O5/c1-6-3-12-18-9(6)10(14)13(2)8-5-17-4-7(8)11(15)16/h3,7-8H,4-5H2,1-2H3,(H,15,16). The molecule has 0 radical (unpaired) electrons. The van der Waals surface area contributed by atoms with Crippen molar-refractivity contribution in [2.75, 3.05) is 20.3 Å². The molecule has 1 aromatic heterocycles. The minimum Gasteiger partial charge on any atom is -0.481 e. The maximum absolute atomic E-state index is 12.1. The number of carboxylic acids is 1. The van der Waals surface area contributed by atoms with Crippen LogP contribution in [0.15, 0.2) is 10.7 Å². The Hall–Kier alpha value is -1.89. The van der Waals surface area contributed by atoms with Crippen molar-refractivity contribution in [2.24, 2.45) is 5.92 Å². The number of carbonyl (C=O) groups excluding carboxylic acids is 1. The van der Waals surface area contributed by atoms with E-state index in [2.05, 4.69) is 5.16 Å². The zero-order valence-electron chi connectivity index (χ0n) is 10.1. The number of carboxylic acid groups (broad SMARTS) is 1. The van der Waals surface area contributed by atoms with Crippen LogP contribution in [0.4, 0.5) is 0 Å². The van der Waals surface area contributed by atoms with Crippen LogP contribution in [0.25, 0.3) is 0 Å². The van der Waals surface area contributed by atoms with Crippen molar-refractivity contribution in [1.82, 2.24) is 10.1 Å². The normalized spacial score (nSPS) is 23.0. The third-order valence-electron chi connectivity index (χ3n) is 3.13. The molecule has 0 saturated carbocycles. The average molecular weight is 254 g/mol. The molecule has 7 heteroatoms. The number of hydrogen-bond donors (Lipinski definition) is 1. The number of amides is 1. The molecule has 1 aromatic rings. The van der Waals surface area contributed by atoms with Crippen LogP contribution in [0, 0.1) is 12.8 Å². The highest BCUT2D eigenvalue weighted by atomic mass is 16.5. The van der Waals surface area contributed by atoms with Gasteiger partial charge in [0.1, 0.15) is 5.92 Å². The van der Waals surface area contributed by atoms with Gasteiger partial charge in [-0.15, -0.1) is 0 Å². The molecule has 0 aromatic carbocycles. The Bertz CT molecular complexity index is 470. The maximum atomic E-state index is 12.1. The molecule has 1 fully saturated rings. The number of aromatic nitrogens is 1. The number of nitrogens with zero attached hydrogens (tertiary/aromatic N) is 2. The molecule has 2 unspecified atom stereocenters. The van der Waals surface area contributed by atoms with Crippen molar-refractivity contribution in [3.63, 3.8) is 0 Å². The van der Waals surface area contributed by atoms with Crippen molar-refractivity contribution in [2.45, 2.75) is 13.0 Å². The Labute approximate surface area is 103 Å². The molecule has 2 atom stereocenters. The molecule has 1 saturated heterocycles. The summed E-state index contributed by atoms with van der Waals surface area (Å²) in [6.07, 6.45) is 1.45. The molecule has 2 heterocycles. The van der Waals surface area contributed by atoms with Crippen LogP contribution in [0.5, 0.6) is 0 Å². The first-order valence-electron chi connectivity index (χ1n) is 5.51. The van der Waals surface area contributed by atoms with E-state index in [1.807, 2.05) is 0 Å². The number of likely N-dealkylation sites (N-methyl/N-ethyl adjacent to an activating group) is 1. The molecule has 1 aliphatic heterocycles. The van der Waals surface area contributed by atoms with Crippen molar-refractivity contribution >= 4 is 11.9 Å². The quantitative estimate of drug-likeness (QED) is 0.825. The summed E-state index contributed by atoms with van der Waals surface area (Å²) >= 11 is 0. The Morgan fingerprint density at radius 1 is 1.50 bits per heavy atom. The number of aryl methyl sites for hydroxylation is 1. The highest BCUT2D eigenvalue weighted by molar-refractivity contribution is 5.93. The van der Waals surface area contributed by atoms with E-state index in [0.29, 0.717) is 5.56 Å². The predicted molar refractivity (Wildman–Crippen MR) is 59.1 cm³/mol. The molecule has 0 bridgehead atoms. The molecule has 98 valence electrons. The third-order valence-corrected chi connectivity index (χ3v) is 3.13. The SMILES string of the molecule is Cc1cnoc1C(=O)N(C)C1COCC1C(=O)O. The lowest BCUT2D eigenvalue weighted by Gasteiger charge is -2.25. The zero-order valence-corrected chi connectivity index (χ0v) is 10.1. The fourth-order valence-electron chi connectivity index (χ4n) is 1.97. The Balaban J connectivity index is 2.16. The van der Waals surface area contributed by atoms with Crippen molar-refractivity contribution in [1.29, 1.82) is 0 Å². The number of hydrogen-bond acceptors (Lipinski definition) is 5. The van der Waals surface area contributed by atoms with Crippen LogP contribution in [0.1, 0.15) is 16.1 Å². The molecular formula is C11H14N2O5.